The fraction of sp³-hybridized carbons (Fsp3) is 0.324. The smallest absolute Gasteiger partial charge is 0.412 e. The number of carboxylic acid groups (broad SMARTS) is 1. The molecule has 1 atom stereocenters. The summed E-state index contributed by atoms with van der Waals surface area (Å²) in [6, 6.07) is 19.3. The van der Waals surface area contributed by atoms with Gasteiger partial charge in [-0.1, -0.05) is 30.2 Å². The largest absolute Gasteiger partial charge is 0.465 e. The van der Waals surface area contributed by atoms with Gasteiger partial charge in [-0.25, -0.2) is 9.78 Å². The van der Waals surface area contributed by atoms with Crippen molar-refractivity contribution in [1.82, 2.24) is 10.3 Å². The summed E-state index contributed by atoms with van der Waals surface area (Å²) in [5.74, 6) is 3.82. The van der Waals surface area contributed by atoms with Crippen LogP contribution in [0.5, 0.6) is 11.5 Å². The minimum absolute atomic E-state index is 0.247. The van der Waals surface area contributed by atoms with Gasteiger partial charge in [0.05, 0.1) is 38.7 Å². The Morgan fingerprint density at radius 2 is 1.71 bits per heavy atom. The minimum Gasteiger partial charge on any atom is -0.465 e. The maximum atomic E-state index is 13.1. The van der Waals surface area contributed by atoms with E-state index < -0.39 is 11.6 Å². The first-order valence-electron chi connectivity index (χ1n) is 15.5. The zero-order valence-electron chi connectivity index (χ0n) is 27.9. The van der Waals surface area contributed by atoms with Crippen molar-refractivity contribution < 1.29 is 33.6 Å². The van der Waals surface area contributed by atoms with Gasteiger partial charge < -0.3 is 34.7 Å². The van der Waals surface area contributed by atoms with Crippen LogP contribution >= 0.6 is 0 Å². The predicted molar refractivity (Wildman–Crippen MR) is 187 cm³/mol. The van der Waals surface area contributed by atoms with Crippen molar-refractivity contribution in [3.8, 4) is 23.8 Å². The Morgan fingerprint density at radius 3 is 2.42 bits per heavy atom. The fourth-order valence-corrected chi connectivity index (χ4v) is 4.99. The number of nitrogens with zero attached hydrogens (tertiary/aromatic N) is 2. The third kappa shape index (κ3) is 9.68. The topological polar surface area (TPSA) is 131 Å². The van der Waals surface area contributed by atoms with E-state index in [4.69, 9.17) is 25.4 Å². The number of hydrogen-bond acceptors (Lipinski definition) is 8. The Kier molecular flexibility index (Phi) is 12.4. The van der Waals surface area contributed by atoms with Gasteiger partial charge in [-0.2, -0.15) is 0 Å². The third-order valence-corrected chi connectivity index (χ3v) is 7.11. The van der Waals surface area contributed by atoms with Gasteiger partial charge in [-0.3, -0.25) is 9.69 Å². The highest BCUT2D eigenvalue weighted by atomic mass is 16.5. The molecular formula is C37H42N4O7. The van der Waals surface area contributed by atoms with E-state index in [-0.39, 0.29) is 11.9 Å². The molecule has 3 N–H and O–H groups in total. The second-order valence-electron chi connectivity index (χ2n) is 12.0. The number of aromatic nitrogens is 1. The number of carbonyl (C=O) groups excluding carboxylic acids is 1. The summed E-state index contributed by atoms with van der Waals surface area (Å²) in [4.78, 5) is 31.1. The molecule has 11 nitrogen and oxygen atoms in total. The molecular weight excluding hydrogens is 612 g/mol. The van der Waals surface area contributed by atoms with Gasteiger partial charge in [-0.05, 0) is 64.1 Å². The lowest BCUT2D eigenvalue weighted by Gasteiger charge is -2.34. The molecule has 1 heterocycles. The van der Waals surface area contributed by atoms with Crippen molar-refractivity contribution in [1.29, 1.82) is 0 Å². The van der Waals surface area contributed by atoms with E-state index in [2.05, 4.69) is 21.5 Å². The van der Waals surface area contributed by atoms with Crippen LogP contribution in [0.4, 0.5) is 22.0 Å². The molecule has 0 aliphatic carbocycles. The van der Waals surface area contributed by atoms with E-state index in [1.807, 2.05) is 52.0 Å². The number of fused-ring (bicyclic) bond motifs is 1. The minimum atomic E-state index is -1.04. The Hall–Kier alpha value is -5.15. The zero-order valence-corrected chi connectivity index (χ0v) is 27.9. The van der Waals surface area contributed by atoms with Crippen LogP contribution in [0.2, 0.25) is 0 Å². The molecule has 11 heteroatoms. The number of terminal acetylenes is 1. The van der Waals surface area contributed by atoms with E-state index in [9.17, 15) is 14.7 Å². The average molecular weight is 655 g/mol. The lowest BCUT2D eigenvalue weighted by atomic mass is 10.0. The summed E-state index contributed by atoms with van der Waals surface area (Å²) in [7, 11) is 1.62. The average Bonchev–Trinajstić information content (AvgIpc) is 3.04. The molecule has 0 saturated carbocycles. The number of amides is 2. The molecule has 0 unspecified atom stereocenters. The SMILES string of the molecule is C#Cc1cc(Nc2cc(Oc3ccc(N(C(=O)O)C(C)(C)C)c4ccccc34)ccn2)cc(C(=O)N[C@@H](C)COCCOCCOC)c1. The Labute approximate surface area is 281 Å². The molecule has 4 aromatic rings. The van der Waals surface area contributed by atoms with Gasteiger partial charge >= 0.3 is 6.09 Å². The first-order valence-corrected chi connectivity index (χ1v) is 15.5. The maximum absolute atomic E-state index is 13.1. The van der Waals surface area contributed by atoms with Crippen LogP contribution in [0.25, 0.3) is 10.8 Å². The lowest BCUT2D eigenvalue weighted by molar-refractivity contribution is 0.0205. The van der Waals surface area contributed by atoms with E-state index >= 15 is 0 Å². The molecule has 0 aliphatic heterocycles. The molecule has 3 aromatic carbocycles. The summed E-state index contributed by atoms with van der Waals surface area (Å²) >= 11 is 0. The van der Waals surface area contributed by atoms with Crippen LogP contribution in [-0.2, 0) is 14.2 Å². The molecule has 0 fully saturated rings. The monoisotopic (exact) mass is 654 g/mol. The standard InChI is InChI=1S/C37H42N4O7/c1-7-26-20-27(35(42)39-25(2)24-47-19-18-46-17-16-45-6)22-28(21-26)40-34-23-29(14-15-38-34)48-33-13-12-32(30-10-8-9-11-31(30)33)41(36(43)44)37(3,4)5/h1,8-15,20-23,25H,16-19,24H2,2-6H3,(H,38,40)(H,39,42)(H,43,44)/t25-/m0/s1. The number of anilines is 3. The maximum Gasteiger partial charge on any atom is 0.412 e. The van der Waals surface area contributed by atoms with E-state index in [0.717, 1.165) is 10.8 Å². The van der Waals surface area contributed by atoms with Crippen molar-refractivity contribution in [2.75, 3.05) is 50.4 Å². The Bertz CT molecular complexity index is 1760. The van der Waals surface area contributed by atoms with Crippen LogP contribution < -0.4 is 20.3 Å². The molecule has 0 radical (unpaired) electrons. The Morgan fingerprint density at radius 1 is 0.979 bits per heavy atom. The molecule has 1 aromatic heterocycles. The van der Waals surface area contributed by atoms with Gasteiger partial charge in [0.2, 0.25) is 0 Å². The summed E-state index contributed by atoms with van der Waals surface area (Å²) in [6.07, 6.45) is 6.27. The van der Waals surface area contributed by atoms with E-state index in [0.29, 0.717) is 72.9 Å². The number of nitrogens with one attached hydrogen (secondary N) is 2. The van der Waals surface area contributed by atoms with E-state index in [1.165, 1.54) is 4.90 Å². The number of methoxy groups -OCH3 is 1. The van der Waals surface area contributed by atoms with Gasteiger partial charge in [0.1, 0.15) is 17.3 Å². The number of pyridine rings is 1. The first-order chi connectivity index (χ1) is 23.0. The Balaban J connectivity index is 1.47. The van der Waals surface area contributed by atoms with Crippen molar-refractivity contribution in [3.63, 3.8) is 0 Å². The molecule has 48 heavy (non-hydrogen) atoms. The van der Waals surface area contributed by atoms with E-state index in [1.54, 1.807) is 55.8 Å². The molecule has 4 rings (SSSR count). The fourth-order valence-electron chi connectivity index (χ4n) is 4.99. The predicted octanol–water partition coefficient (Wildman–Crippen LogP) is 6.83. The molecule has 0 spiro atoms. The second kappa shape index (κ2) is 16.6. The first kappa shape index (κ1) is 35.7. The van der Waals surface area contributed by atoms with Gasteiger partial charge in [-0.15, -0.1) is 6.42 Å². The van der Waals surface area contributed by atoms with Crippen molar-refractivity contribution in [2.45, 2.75) is 39.3 Å². The van der Waals surface area contributed by atoms with Crippen LogP contribution in [0.15, 0.2) is 72.9 Å². The van der Waals surface area contributed by atoms with Gasteiger partial charge in [0.25, 0.3) is 5.91 Å². The normalized spacial score (nSPS) is 11.8. The van der Waals surface area contributed by atoms with Crippen molar-refractivity contribution >= 4 is 40.0 Å². The lowest BCUT2D eigenvalue weighted by Crippen LogP contribution is -2.45. The summed E-state index contributed by atoms with van der Waals surface area (Å²) in [6.45, 7) is 9.59. The molecule has 2 amide bonds. The van der Waals surface area contributed by atoms with Crippen molar-refractivity contribution in [3.05, 3.63) is 84.1 Å². The highest BCUT2D eigenvalue weighted by Gasteiger charge is 2.29. The molecule has 0 saturated heterocycles. The molecule has 0 aliphatic rings. The third-order valence-electron chi connectivity index (χ3n) is 7.11. The molecule has 252 valence electrons. The van der Waals surface area contributed by atoms with Crippen LogP contribution in [0.1, 0.15) is 43.6 Å². The molecule has 0 bridgehead atoms. The number of ether oxygens (including phenoxy) is 4. The highest BCUT2D eigenvalue weighted by Crippen LogP contribution is 2.38. The highest BCUT2D eigenvalue weighted by molar-refractivity contribution is 6.04. The van der Waals surface area contributed by atoms with Gasteiger partial charge in [0, 0.05) is 58.5 Å². The number of rotatable bonds is 15. The summed E-state index contributed by atoms with van der Waals surface area (Å²) in [5, 5.41) is 17.6. The number of carbonyl (C=O) groups is 2. The van der Waals surface area contributed by atoms with Crippen LogP contribution in [0, 0.1) is 12.3 Å². The van der Waals surface area contributed by atoms with Crippen molar-refractivity contribution in [2.24, 2.45) is 0 Å². The summed E-state index contributed by atoms with van der Waals surface area (Å²) in [5.41, 5.74) is 1.38. The number of benzene rings is 3. The summed E-state index contributed by atoms with van der Waals surface area (Å²) < 4.78 is 22.2. The quantitative estimate of drug-likeness (QED) is 0.0932. The van der Waals surface area contributed by atoms with Crippen LogP contribution in [0.3, 0.4) is 0 Å². The second-order valence-corrected chi connectivity index (χ2v) is 12.0. The van der Waals surface area contributed by atoms with Gasteiger partial charge in [0.15, 0.2) is 0 Å². The van der Waals surface area contributed by atoms with Crippen LogP contribution in [-0.4, -0.2) is 73.8 Å². The number of hydrogen-bond donors (Lipinski definition) is 3. The zero-order chi connectivity index (χ0) is 34.7.